The molecule has 0 aromatic heterocycles. The second kappa shape index (κ2) is 7.65. The molecule has 0 saturated carbocycles. The zero-order chi connectivity index (χ0) is 15.6. The standard InChI is InChI=1S/C15H29N3O2.HI/c1-8-16-13(17-9-11(2)12(19)20-7)18-10-14(3,4)15(18,5)6;/h11H,8-10H2,1-7H3,(H,16,17);1H. The summed E-state index contributed by atoms with van der Waals surface area (Å²) in [5.41, 5.74) is 0.319. The SMILES string of the molecule is CCNC(=NCC(C)C(=O)OC)N1CC(C)(C)C1(C)C.I. The lowest BCUT2D eigenvalue weighted by molar-refractivity contribution is -0.144. The highest BCUT2D eigenvalue weighted by molar-refractivity contribution is 14.0. The number of rotatable bonds is 4. The summed E-state index contributed by atoms with van der Waals surface area (Å²) in [6.07, 6.45) is 0. The summed E-state index contributed by atoms with van der Waals surface area (Å²) < 4.78 is 4.74. The van der Waals surface area contributed by atoms with E-state index in [2.05, 4.69) is 49.8 Å². The molecule has 1 N–H and O–H groups in total. The van der Waals surface area contributed by atoms with E-state index < -0.39 is 0 Å². The van der Waals surface area contributed by atoms with Gasteiger partial charge in [0.25, 0.3) is 0 Å². The van der Waals surface area contributed by atoms with Crippen LogP contribution in [0.5, 0.6) is 0 Å². The number of ether oxygens (including phenoxy) is 1. The first-order valence-corrected chi connectivity index (χ1v) is 7.31. The number of methoxy groups -OCH3 is 1. The molecule has 1 aliphatic rings. The van der Waals surface area contributed by atoms with E-state index in [0.717, 1.165) is 19.0 Å². The molecule has 124 valence electrons. The van der Waals surface area contributed by atoms with E-state index in [1.165, 1.54) is 7.11 Å². The molecule has 1 aliphatic heterocycles. The molecule has 1 fully saturated rings. The van der Waals surface area contributed by atoms with Crippen LogP contribution in [0.3, 0.4) is 0 Å². The fourth-order valence-corrected chi connectivity index (χ4v) is 2.29. The molecule has 6 heteroatoms. The third-order valence-corrected chi connectivity index (χ3v) is 4.59. The number of likely N-dealkylation sites (tertiary alicyclic amines) is 1. The Morgan fingerprint density at radius 1 is 1.38 bits per heavy atom. The van der Waals surface area contributed by atoms with Gasteiger partial charge in [-0.05, 0) is 20.8 Å². The Morgan fingerprint density at radius 3 is 2.33 bits per heavy atom. The van der Waals surface area contributed by atoms with Crippen LogP contribution >= 0.6 is 24.0 Å². The van der Waals surface area contributed by atoms with Gasteiger partial charge in [0, 0.05) is 24.0 Å². The van der Waals surface area contributed by atoms with Crippen molar-refractivity contribution in [3.63, 3.8) is 0 Å². The van der Waals surface area contributed by atoms with Crippen LogP contribution < -0.4 is 5.32 Å². The van der Waals surface area contributed by atoms with Crippen LogP contribution in [0.2, 0.25) is 0 Å². The van der Waals surface area contributed by atoms with Crippen LogP contribution in [0.4, 0.5) is 0 Å². The van der Waals surface area contributed by atoms with Gasteiger partial charge in [0.1, 0.15) is 0 Å². The maximum atomic E-state index is 11.4. The molecule has 0 bridgehead atoms. The Kier molecular flexibility index (Phi) is 7.45. The molecule has 0 amide bonds. The van der Waals surface area contributed by atoms with Crippen LogP contribution in [0, 0.1) is 11.3 Å². The summed E-state index contributed by atoms with van der Waals surface area (Å²) >= 11 is 0. The van der Waals surface area contributed by atoms with Gasteiger partial charge in [0.05, 0.1) is 19.6 Å². The molecular weight excluding hydrogens is 381 g/mol. The van der Waals surface area contributed by atoms with Gasteiger partial charge in [-0.15, -0.1) is 24.0 Å². The molecule has 1 unspecified atom stereocenters. The number of carbonyl (C=O) groups is 1. The maximum absolute atomic E-state index is 11.4. The molecule has 0 aliphatic carbocycles. The zero-order valence-electron chi connectivity index (χ0n) is 14.3. The summed E-state index contributed by atoms with van der Waals surface area (Å²) in [6.45, 7) is 15.1. The van der Waals surface area contributed by atoms with Gasteiger partial charge in [-0.1, -0.05) is 20.8 Å². The Bertz CT molecular complexity index is 394. The maximum Gasteiger partial charge on any atom is 0.310 e. The van der Waals surface area contributed by atoms with Crippen molar-refractivity contribution in [3.8, 4) is 0 Å². The topological polar surface area (TPSA) is 53.9 Å². The van der Waals surface area contributed by atoms with Gasteiger partial charge in [0.15, 0.2) is 5.96 Å². The molecule has 0 aromatic rings. The fraction of sp³-hybridized carbons (Fsp3) is 0.867. The number of esters is 1. The Balaban J connectivity index is 0.00000400. The lowest BCUT2D eigenvalue weighted by Crippen LogP contribution is -2.72. The average molecular weight is 411 g/mol. The largest absolute Gasteiger partial charge is 0.469 e. The summed E-state index contributed by atoms with van der Waals surface area (Å²) in [7, 11) is 1.41. The smallest absolute Gasteiger partial charge is 0.310 e. The number of nitrogens with zero attached hydrogens (tertiary/aromatic N) is 2. The lowest BCUT2D eigenvalue weighted by atomic mass is 9.65. The van der Waals surface area contributed by atoms with Crippen LogP contribution in [-0.2, 0) is 9.53 Å². The van der Waals surface area contributed by atoms with Gasteiger partial charge in [-0.2, -0.15) is 0 Å². The Hall–Kier alpha value is -0.530. The highest BCUT2D eigenvalue weighted by atomic mass is 127. The van der Waals surface area contributed by atoms with Gasteiger partial charge >= 0.3 is 5.97 Å². The van der Waals surface area contributed by atoms with Gasteiger partial charge < -0.3 is 15.0 Å². The zero-order valence-corrected chi connectivity index (χ0v) is 16.6. The van der Waals surface area contributed by atoms with Crippen LogP contribution in [0.1, 0.15) is 41.5 Å². The minimum atomic E-state index is -0.217. The first-order valence-electron chi connectivity index (χ1n) is 7.31. The third kappa shape index (κ3) is 4.23. The number of aliphatic imine (C=N–C) groups is 1. The normalized spacial score (nSPS) is 20.9. The summed E-state index contributed by atoms with van der Waals surface area (Å²) in [6, 6.07) is 0. The molecule has 0 radical (unpaired) electrons. The second-order valence-corrected chi connectivity index (χ2v) is 6.65. The fourth-order valence-electron chi connectivity index (χ4n) is 2.29. The van der Waals surface area contributed by atoms with E-state index in [9.17, 15) is 4.79 Å². The van der Waals surface area contributed by atoms with Gasteiger partial charge in [-0.3, -0.25) is 9.79 Å². The van der Waals surface area contributed by atoms with E-state index in [-0.39, 0.29) is 46.8 Å². The number of hydrogen-bond acceptors (Lipinski definition) is 3. The van der Waals surface area contributed by atoms with Gasteiger partial charge in [0.2, 0.25) is 0 Å². The molecule has 1 heterocycles. The number of nitrogens with one attached hydrogen (secondary N) is 1. The van der Waals surface area contributed by atoms with E-state index in [1.54, 1.807) is 0 Å². The van der Waals surface area contributed by atoms with Gasteiger partial charge in [-0.25, -0.2) is 0 Å². The molecule has 1 saturated heterocycles. The number of carbonyl (C=O) groups excluding carboxylic acids is 1. The van der Waals surface area contributed by atoms with Crippen molar-refractivity contribution in [1.29, 1.82) is 0 Å². The summed E-state index contributed by atoms with van der Waals surface area (Å²) in [4.78, 5) is 18.3. The molecular formula is C15H30IN3O2. The number of guanidine groups is 1. The van der Waals surface area contributed by atoms with Crippen LogP contribution in [0.25, 0.3) is 0 Å². The third-order valence-electron chi connectivity index (χ3n) is 4.59. The van der Waals surface area contributed by atoms with Crippen molar-refractivity contribution in [2.75, 3.05) is 26.7 Å². The molecule has 0 spiro atoms. The van der Waals surface area contributed by atoms with Crippen molar-refractivity contribution in [1.82, 2.24) is 10.2 Å². The second-order valence-electron chi connectivity index (χ2n) is 6.65. The Labute approximate surface area is 145 Å². The van der Waals surface area contributed by atoms with Crippen LogP contribution in [0.15, 0.2) is 4.99 Å². The molecule has 21 heavy (non-hydrogen) atoms. The lowest BCUT2D eigenvalue weighted by Gasteiger charge is -2.62. The van der Waals surface area contributed by atoms with E-state index in [1.807, 2.05) is 6.92 Å². The highest BCUT2D eigenvalue weighted by Crippen LogP contribution is 2.46. The predicted octanol–water partition coefficient (Wildman–Crippen LogP) is 2.50. The van der Waals surface area contributed by atoms with E-state index >= 15 is 0 Å². The molecule has 0 aromatic carbocycles. The van der Waals surface area contributed by atoms with Crippen molar-refractivity contribution < 1.29 is 9.53 Å². The van der Waals surface area contributed by atoms with Crippen molar-refractivity contribution in [2.45, 2.75) is 47.1 Å². The predicted molar refractivity (Wildman–Crippen MR) is 97.1 cm³/mol. The first-order chi connectivity index (χ1) is 9.17. The van der Waals surface area contributed by atoms with Crippen molar-refractivity contribution in [3.05, 3.63) is 0 Å². The minimum Gasteiger partial charge on any atom is -0.469 e. The average Bonchev–Trinajstić information content (AvgIpc) is 2.39. The van der Waals surface area contributed by atoms with Crippen molar-refractivity contribution in [2.24, 2.45) is 16.3 Å². The number of hydrogen-bond donors (Lipinski definition) is 1. The summed E-state index contributed by atoms with van der Waals surface area (Å²) in [5, 5.41) is 3.31. The minimum absolute atomic E-state index is 0. The summed E-state index contributed by atoms with van der Waals surface area (Å²) in [5.74, 6) is 0.450. The highest BCUT2D eigenvalue weighted by Gasteiger charge is 2.53. The van der Waals surface area contributed by atoms with Crippen LogP contribution in [-0.4, -0.2) is 49.1 Å². The van der Waals surface area contributed by atoms with Crippen molar-refractivity contribution >= 4 is 35.9 Å². The number of halogens is 1. The first kappa shape index (κ1) is 20.5. The molecule has 1 atom stereocenters. The van der Waals surface area contributed by atoms with E-state index in [0.29, 0.717) is 6.54 Å². The van der Waals surface area contributed by atoms with E-state index in [4.69, 9.17) is 4.74 Å². The molecule has 1 rings (SSSR count). The Morgan fingerprint density at radius 2 is 1.95 bits per heavy atom. The quantitative estimate of drug-likeness (QED) is 0.334. The molecule has 5 nitrogen and oxygen atoms in total. The monoisotopic (exact) mass is 411 g/mol.